The highest BCUT2D eigenvalue weighted by Gasteiger charge is 2.31. The van der Waals surface area contributed by atoms with Crippen molar-refractivity contribution < 1.29 is 18.0 Å². The van der Waals surface area contributed by atoms with Crippen molar-refractivity contribution in [3.05, 3.63) is 71.4 Å². The van der Waals surface area contributed by atoms with Crippen LogP contribution in [-0.2, 0) is 13.6 Å². The molecule has 2 aromatic heterocycles. The summed E-state index contributed by atoms with van der Waals surface area (Å²) in [4.78, 5) is 24.3. The van der Waals surface area contributed by atoms with E-state index >= 15 is 4.39 Å². The van der Waals surface area contributed by atoms with Gasteiger partial charge < -0.3 is 15.2 Å². The average molecular weight is 466 g/mol. The quantitative estimate of drug-likeness (QED) is 0.484. The Balaban J connectivity index is 1.43. The van der Waals surface area contributed by atoms with E-state index in [0.717, 1.165) is 18.2 Å². The summed E-state index contributed by atoms with van der Waals surface area (Å²) in [6, 6.07) is 7.23. The number of rotatable bonds is 4. The molecule has 1 saturated heterocycles. The van der Waals surface area contributed by atoms with Crippen molar-refractivity contribution in [2.75, 3.05) is 23.7 Å². The lowest BCUT2D eigenvalue weighted by molar-refractivity contribution is 0.218. The van der Waals surface area contributed by atoms with Crippen LogP contribution in [0.5, 0.6) is 0 Å². The Hall–Kier alpha value is -4.08. The van der Waals surface area contributed by atoms with Gasteiger partial charge in [-0.1, -0.05) is 0 Å². The molecule has 0 saturated carbocycles. The van der Waals surface area contributed by atoms with E-state index in [-0.39, 0.29) is 17.9 Å². The zero-order valence-corrected chi connectivity index (χ0v) is 18.5. The van der Waals surface area contributed by atoms with Gasteiger partial charge in [0, 0.05) is 48.7 Å². The molecule has 174 valence electrons. The first kappa shape index (κ1) is 21.7. The Morgan fingerprint density at radius 2 is 1.79 bits per heavy atom. The maximum Gasteiger partial charge on any atom is 0.324 e. The number of nitrogen functional groups attached to an aromatic ring is 1. The average Bonchev–Trinajstić information content (AvgIpc) is 3.30. The third-order valence-electron chi connectivity index (χ3n) is 5.97. The van der Waals surface area contributed by atoms with Crippen LogP contribution in [-0.4, -0.2) is 38.6 Å². The molecule has 34 heavy (non-hydrogen) atoms. The first-order chi connectivity index (χ1) is 16.2. The number of carbonyl (C=O) groups excluding carboxylic acids is 1. The molecule has 0 spiro atoms. The van der Waals surface area contributed by atoms with Gasteiger partial charge in [0.2, 0.25) is 0 Å². The van der Waals surface area contributed by atoms with Gasteiger partial charge in [0.25, 0.3) is 0 Å². The molecule has 0 unspecified atom stereocenters. The summed E-state index contributed by atoms with van der Waals surface area (Å²) in [6.45, 7) is 2.25. The molecule has 1 fully saturated rings. The summed E-state index contributed by atoms with van der Waals surface area (Å²) < 4.78 is 44.5. The maximum atomic E-state index is 15.3. The normalized spacial score (nSPS) is 14.0. The molecule has 5 rings (SSSR count). The van der Waals surface area contributed by atoms with E-state index in [1.807, 2.05) is 0 Å². The number of hydrogen-bond acceptors (Lipinski definition) is 4. The minimum atomic E-state index is -0.586. The first-order valence-corrected chi connectivity index (χ1v) is 10.6. The lowest BCUT2D eigenvalue weighted by atomic mass is 10.0. The number of urea groups is 1. The van der Waals surface area contributed by atoms with Crippen LogP contribution in [0.15, 0.2) is 42.6 Å². The molecule has 0 radical (unpaired) electrons. The van der Waals surface area contributed by atoms with Crippen molar-refractivity contribution in [1.82, 2.24) is 19.4 Å². The smallest absolute Gasteiger partial charge is 0.324 e. The predicted octanol–water partition coefficient (Wildman–Crippen LogP) is 4.39. The minimum Gasteiger partial charge on any atom is -0.383 e. The van der Waals surface area contributed by atoms with Crippen molar-refractivity contribution in [1.29, 1.82) is 0 Å². The van der Waals surface area contributed by atoms with E-state index in [1.54, 1.807) is 36.9 Å². The third-order valence-corrected chi connectivity index (χ3v) is 5.97. The second-order valence-corrected chi connectivity index (χ2v) is 8.26. The van der Waals surface area contributed by atoms with Crippen molar-refractivity contribution >= 4 is 28.6 Å². The molecule has 7 nitrogen and oxygen atoms in total. The summed E-state index contributed by atoms with van der Waals surface area (Å²) >= 11 is 0. The predicted molar refractivity (Wildman–Crippen MR) is 123 cm³/mol. The topological polar surface area (TPSA) is 80.3 Å². The van der Waals surface area contributed by atoms with Crippen molar-refractivity contribution in [2.24, 2.45) is 7.05 Å². The molecular weight excluding hydrogens is 445 g/mol. The summed E-state index contributed by atoms with van der Waals surface area (Å²) in [6.07, 6.45) is 1.74. The number of carbonyl (C=O) groups is 1. The maximum absolute atomic E-state index is 15.3. The molecule has 2 amide bonds. The van der Waals surface area contributed by atoms with Gasteiger partial charge in [-0.3, -0.25) is 4.90 Å². The van der Waals surface area contributed by atoms with Crippen molar-refractivity contribution in [3.8, 4) is 11.1 Å². The van der Waals surface area contributed by atoms with E-state index in [2.05, 4.69) is 9.97 Å². The second-order valence-electron chi connectivity index (χ2n) is 8.26. The Bertz CT molecular complexity index is 1450. The number of aryl methyl sites for hydroxylation is 2. The number of hydrogen-bond donors (Lipinski definition) is 1. The van der Waals surface area contributed by atoms with Crippen molar-refractivity contribution in [2.45, 2.75) is 13.5 Å². The Morgan fingerprint density at radius 3 is 2.56 bits per heavy atom. The van der Waals surface area contributed by atoms with E-state index in [4.69, 9.17) is 5.73 Å². The molecule has 2 aromatic carbocycles. The minimum absolute atomic E-state index is 0.0752. The molecule has 0 aliphatic carbocycles. The summed E-state index contributed by atoms with van der Waals surface area (Å²) in [7, 11) is 1.79. The van der Waals surface area contributed by atoms with Gasteiger partial charge in [-0.05, 0) is 43.3 Å². The molecule has 0 atom stereocenters. The highest BCUT2D eigenvalue weighted by molar-refractivity contribution is 6.01. The number of aromatic nitrogens is 3. The number of anilines is 2. The fourth-order valence-electron chi connectivity index (χ4n) is 4.35. The molecule has 1 aliphatic heterocycles. The van der Waals surface area contributed by atoms with Crippen LogP contribution in [0.1, 0.15) is 11.4 Å². The van der Waals surface area contributed by atoms with Crippen LogP contribution in [0.25, 0.3) is 22.2 Å². The largest absolute Gasteiger partial charge is 0.383 e. The van der Waals surface area contributed by atoms with Gasteiger partial charge in [-0.2, -0.15) is 0 Å². The molecule has 1 aliphatic rings. The molecule has 10 heteroatoms. The number of benzene rings is 2. The lowest BCUT2D eigenvalue weighted by Gasteiger charge is -2.19. The van der Waals surface area contributed by atoms with Gasteiger partial charge in [0.1, 0.15) is 34.7 Å². The number of halogens is 3. The van der Waals surface area contributed by atoms with Crippen LogP contribution in [0, 0.1) is 24.4 Å². The highest BCUT2D eigenvalue weighted by atomic mass is 19.1. The summed E-state index contributed by atoms with van der Waals surface area (Å²) in [5.41, 5.74) is 8.02. The van der Waals surface area contributed by atoms with E-state index in [9.17, 15) is 13.6 Å². The highest BCUT2D eigenvalue weighted by Crippen LogP contribution is 2.36. The van der Waals surface area contributed by atoms with E-state index in [1.165, 1.54) is 15.9 Å². The van der Waals surface area contributed by atoms with Crippen LogP contribution < -0.4 is 10.6 Å². The van der Waals surface area contributed by atoms with Gasteiger partial charge in [-0.15, -0.1) is 0 Å². The van der Waals surface area contributed by atoms with Crippen LogP contribution in [0.3, 0.4) is 0 Å². The van der Waals surface area contributed by atoms with Gasteiger partial charge in [0.05, 0.1) is 11.9 Å². The third kappa shape index (κ3) is 3.60. The summed E-state index contributed by atoms with van der Waals surface area (Å²) in [5.74, 6) is -0.920. The Labute approximate surface area is 193 Å². The first-order valence-electron chi connectivity index (χ1n) is 10.6. The summed E-state index contributed by atoms with van der Waals surface area (Å²) in [5, 5.41) is 0.556. The van der Waals surface area contributed by atoms with Crippen LogP contribution in [0.4, 0.5) is 29.5 Å². The second kappa shape index (κ2) is 8.05. The van der Waals surface area contributed by atoms with Gasteiger partial charge in [-0.25, -0.2) is 27.9 Å². The van der Waals surface area contributed by atoms with Crippen molar-refractivity contribution in [3.63, 3.8) is 0 Å². The number of amides is 2. The monoisotopic (exact) mass is 466 g/mol. The van der Waals surface area contributed by atoms with Gasteiger partial charge in [0.15, 0.2) is 0 Å². The lowest BCUT2D eigenvalue weighted by Crippen LogP contribution is -2.31. The molecule has 4 aromatic rings. The standard InChI is InChI=1S/C24H21F3N6O/c1-13-29-22(28)21-18(12-31(2)23(21)30-13)17-5-4-16(10-20(17)27)33-8-7-32(24(33)34)11-14-9-15(25)3-6-19(14)26/h3-6,9-10,12H,7-8,11H2,1-2H3,(H2,28,29,30). The van der Waals surface area contributed by atoms with Crippen LogP contribution in [0.2, 0.25) is 0 Å². The number of nitrogens with two attached hydrogens (primary N) is 1. The van der Waals surface area contributed by atoms with E-state index in [0.29, 0.717) is 46.8 Å². The fourth-order valence-corrected chi connectivity index (χ4v) is 4.35. The number of fused-ring (bicyclic) bond motifs is 1. The fraction of sp³-hybridized carbons (Fsp3) is 0.208. The Morgan fingerprint density at radius 1 is 1.00 bits per heavy atom. The zero-order valence-electron chi connectivity index (χ0n) is 18.5. The number of nitrogens with zero attached hydrogens (tertiary/aromatic N) is 5. The molecule has 3 heterocycles. The van der Waals surface area contributed by atoms with Crippen LogP contribution >= 0.6 is 0 Å². The van der Waals surface area contributed by atoms with E-state index < -0.39 is 23.5 Å². The Kier molecular flexibility index (Phi) is 5.15. The molecule has 0 bridgehead atoms. The zero-order chi connectivity index (χ0) is 24.1. The SMILES string of the molecule is Cc1nc(N)c2c(-c3ccc(N4CCN(Cc5cc(F)ccc5F)C4=O)cc3F)cn(C)c2n1. The molecule has 2 N–H and O–H groups in total. The van der Waals surface area contributed by atoms with Gasteiger partial charge >= 0.3 is 6.03 Å². The molecular formula is C24H21F3N6O.